The molecule has 0 aromatic rings. The van der Waals surface area contributed by atoms with Crippen LogP contribution in [0.4, 0.5) is 0 Å². The van der Waals surface area contributed by atoms with Crippen molar-refractivity contribution in [2.45, 2.75) is 174 Å². The molecule has 0 bridgehead atoms. The number of unbranched alkanes of at least 4 members (excludes halogenated alkanes) is 13. The lowest BCUT2D eigenvalue weighted by atomic mass is 10.1. The molecule has 0 saturated heterocycles. The summed E-state index contributed by atoms with van der Waals surface area (Å²) < 4.78 is 26.3. The molecule has 0 fully saturated rings. The van der Waals surface area contributed by atoms with E-state index >= 15 is 0 Å². The van der Waals surface area contributed by atoms with Crippen LogP contribution in [-0.4, -0.2) is 52.3 Å². The van der Waals surface area contributed by atoms with Gasteiger partial charge in [-0.2, -0.15) is 0 Å². The quantitative estimate of drug-likeness (QED) is 0.0251. The average molecular weight is 739 g/mol. The largest absolute Gasteiger partial charge is 0.469 e. The Labute approximate surface area is 309 Å². The molecule has 0 unspecified atom stereocenters. The van der Waals surface area contributed by atoms with Gasteiger partial charge in [0.25, 0.3) is 0 Å². The molecule has 3 N–H and O–H groups in total. The molecule has 0 aromatic heterocycles. The average Bonchev–Trinajstić information content (AvgIpc) is 3.08. The van der Waals surface area contributed by atoms with E-state index in [0.717, 1.165) is 77.0 Å². The van der Waals surface area contributed by atoms with Crippen molar-refractivity contribution >= 4 is 19.8 Å². The van der Waals surface area contributed by atoms with Crippen LogP contribution in [-0.2, 0) is 28.2 Å². The number of esters is 2. The number of hydrogen-bond donors (Lipinski definition) is 3. The fourth-order valence-corrected chi connectivity index (χ4v) is 5.44. The number of phosphoric ester groups is 1. The van der Waals surface area contributed by atoms with E-state index in [9.17, 15) is 19.3 Å². The molecule has 9 nitrogen and oxygen atoms in total. The maximum Gasteiger partial charge on any atom is 0.469 e. The number of carbonyl (C=O) groups excluding carboxylic acids is 2. The maximum absolute atomic E-state index is 12.4. The zero-order valence-electron chi connectivity index (χ0n) is 31.8. The Morgan fingerprint density at radius 1 is 0.588 bits per heavy atom. The lowest BCUT2D eigenvalue weighted by Gasteiger charge is -2.18. The first-order chi connectivity index (χ1) is 24.6. The molecule has 0 aromatic carbocycles. The third-order valence-electron chi connectivity index (χ3n) is 8.03. The van der Waals surface area contributed by atoms with Crippen LogP contribution >= 0.6 is 7.82 Å². The molecule has 0 aliphatic rings. The fraction of sp³-hybridized carbons (Fsp3) is 0.707. The fourth-order valence-electron chi connectivity index (χ4n) is 5.08. The van der Waals surface area contributed by atoms with E-state index in [0.29, 0.717) is 19.3 Å². The van der Waals surface area contributed by atoms with Crippen LogP contribution in [0.1, 0.15) is 162 Å². The van der Waals surface area contributed by atoms with E-state index < -0.39 is 32.5 Å². The second kappa shape index (κ2) is 36.1. The molecule has 2 atom stereocenters. The van der Waals surface area contributed by atoms with Crippen LogP contribution in [0.15, 0.2) is 60.8 Å². The van der Waals surface area contributed by atoms with Gasteiger partial charge < -0.3 is 24.4 Å². The van der Waals surface area contributed by atoms with Crippen molar-refractivity contribution < 1.29 is 43.0 Å². The molecule has 0 aliphatic heterocycles. The topological polar surface area (TPSA) is 140 Å². The molecule has 0 spiro atoms. The standard InChI is InChI=1S/C41H71O9P/c1-3-4-5-6-7-8-9-10-12-17-20-23-26-29-32-35-41(44)50-39(37-49-51(45,46)47)36-48-40(43)34-31-28-25-22-19-16-14-11-13-15-18-21-24-27-30-33-38(2)42/h10,12-16,21-22,24-25,38-39,42H,3-9,11,17-20,23,26-37H2,1-2H3,(H2,45,46,47)/b12-10-,15-13-,16-14-,24-21-,25-22-/t38-,39-/m1/s1. The molecule has 0 radical (unpaired) electrons. The smallest absolute Gasteiger partial charge is 0.462 e. The van der Waals surface area contributed by atoms with Gasteiger partial charge in [-0.25, -0.2) is 4.57 Å². The zero-order valence-corrected chi connectivity index (χ0v) is 32.7. The van der Waals surface area contributed by atoms with Crippen molar-refractivity contribution in [2.24, 2.45) is 0 Å². The summed E-state index contributed by atoms with van der Waals surface area (Å²) >= 11 is 0. The predicted octanol–water partition coefficient (Wildman–Crippen LogP) is 10.7. The van der Waals surface area contributed by atoms with Crippen LogP contribution in [0.5, 0.6) is 0 Å². The summed E-state index contributed by atoms with van der Waals surface area (Å²) in [5, 5.41) is 9.24. The summed E-state index contributed by atoms with van der Waals surface area (Å²) in [5.41, 5.74) is 0. The molecule has 0 rings (SSSR count). The molecule has 0 heterocycles. The van der Waals surface area contributed by atoms with Crippen molar-refractivity contribution in [2.75, 3.05) is 13.2 Å². The SMILES string of the molecule is CCCCCCCC/C=C\CCCCCCCC(=O)O[C@H](COC(=O)CCC/C=C\C/C=C\C/C=C\C/C=C\CCC[C@@H](C)O)COP(=O)(O)O. The van der Waals surface area contributed by atoms with Crippen LogP contribution in [0.2, 0.25) is 0 Å². The third kappa shape index (κ3) is 40.3. The van der Waals surface area contributed by atoms with Crippen molar-refractivity contribution in [3.63, 3.8) is 0 Å². The van der Waals surface area contributed by atoms with Gasteiger partial charge in [-0.1, -0.05) is 119 Å². The Hall–Kier alpha value is -2.29. The highest BCUT2D eigenvalue weighted by Crippen LogP contribution is 2.36. The number of hydrogen-bond acceptors (Lipinski definition) is 7. The number of aliphatic hydroxyl groups is 1. The Morgan fingerprint density at radius 3 is 1.59 bits per heavy atom. The number of rotatable bonds is 35. The van der Waals surface area contributed by atoms with Crippen molar-refractivity contribution in [3.05, 3.63) is 60.8 Å². The van der Waals surface area contributed by atoms with Crippen LogP contribution < -0.4 is 0 Å². The van der Waals surface area contributed by atoms with Crippen LogP contribution in [0.3, 0.4) is 0 Å². The van der Waals surface area contributed by atoms with Gasteiger partial charge in [0.05, 0.1) is 12.7 Å². The molecule has 0 saturated carbocycles. The van der Waals surface area contributed by atoms with Gasteiger partial charge in [0.2, 0.25) is 0 Å². The van der Waals surface area contributed by atoms with E-state index in [2.05, 4.69) is 60.1 Å². The van der Waals surface area contributed by atoms with Gasteiger partial charge in [-0.3, -0.25) is 14.1 Å². The monoisotopic (exact) mass is 738 g/mol. The first kappa shape index (κ1) is 48.7. The number of ether oxygens (including phenoxy) is 2. The number of allylic oxidation sites excluding steroid dienone is 10. The number of carbonyl (C=O) groups is 2. The maximum atomic E-state index is 12.4. The zero-order chi connectivity index (χ0) is 37.7. The third-order valence-corrected chi connectivity index (χ3v) is 8.51. The molecular weight excluding hydrogens is 667 g/mol. The minimum atomic E-state index is -4.77. The number of aliphatic hydroxyl groups excluding tert-OH is 1. The lowest BCUT2D eigenvalue weighted by molar-refractivity contribution is -0.161. The van der Waals surface area contributed by atoms with Gasteiger partial charge >= 0.3 is 19.8 Å². The Bertz CT molecular complexity index is 1030. The van der Waals surface area contributed by atoms with Gasteiger partial charge in [0, 0.05) is 12.8 Å². The highest BCUT2D eigenvalue weighted by Gasteiger charge is 2.22. The molecule has 10 heteroatoms. The lowest BCUT2D eigenvalue weighted by Crippen LogP contribution is -2.29. The van der Waals surface area contributed by atoms with Gasteiger partial charge in [0.1, 0.15) is 6.61 Å². The minimum Gasteiger partial charge on any atom is -0.462 e. The van der Waals surface area contributed by atoms with Gasteiger partial charge in [-0.15, -0.1) is 0 Å². The molecule has 0 amide bonds. The van der Waals surface area contributed by atoms with E-state index in [1.54, 1.807) is 0 Å². The van der Waals surface area contributed by atoms with Crippen molar-refractivity contribution in [3.8, 4) is 0 Å². The Morgan fingerprint density at radius 2 is 1.04 bits per heavy atom. The summed E-state index contributed by atoms with van der Waals surface area (Å²) in [4.78, 5) is 42.7. The van der Waals surface area contributed by atoms with Gasteiger partial charge in [-0.05, 0) is 90.4 Å². The van der Waals surface area contributed by atoms with Gasteiger partial charge in [0.15, 0.2) is 6.10 Å². The summed E-state index contributed by atoms with van der Waals surface area (Å²) in [7, 11) is -4.77. The molecule has 294 valence electrons. The van der Waals surface area contributed by atoms with E-state index in [4.69, 9.17) is 19.3 Å². The summed E-state index contributed by atoms with van der Waals surface area (Å²) in [6.07, 6.45) is 42.2. The number of phosphoric acid groups is 1. The highest BCUT2D eigenvalue weighted by molar-refractivity contribution is 7.46. The Balaban J connectivity index is 4.08. The highest BCUT2D eigenvalue weighted by atomic mass is 31.2. The van der Waals surface area contributed by atoms with Crippen LogP contribution in [0.25, 0.3) is 0 Å². The first-order valence-electron chi connectivity index (χ1n) is 19.6. The second-order valence-electron chi connectivity index (χ2n) is 13.2. The predicted molar refractivity (Wildman–Crippen MR) is 208 cm³/mol. The van der Waals surface area contributed by atoms with Crippen LogP contribution in [0, 0.1) is 0 Å². The Kier molecular flexibility index (Phi) is 34.5. The minimum absolute atomic E-state index is 0.176. The molecule has 0 aliphatic carbocycles. The van der Waals surface area contributed by atoms with Crippen molar-refractivity contribution in [1.29, 1.82) is 0 Å². The summed E-state index contributed by atoms with van der Waals surface area (Å²) in [6, 6.07) is 0. The second-order valence-corrected chi connectivity index (χ2v) is 14.4. The van der Waals surface area contributed by atoms with Crippen molar-refractivity contribution in [1.82, 2.24) is 0 Å². The molecular formula is C41H71O9P. The van der Waals surface area contributed by atoms with E-state index in [-0.39, 0.29) is 25.6 Å². The van der Waals surface area contributed by atoms with E-state index in [1.807, 2.05) is 19.1 Å². The summed E-state index contributed by atoms with van der Waals surface area (Å²) in [5.74, 6) is -0.981. The molecule has 51 heavy (non-hydrogen) atoms. The summed E-state index contributed by atoms with van der Waals surface area (Å²) in [6.45, 7) is 3.16. The normalized spacial score (nSPS) is 13.7. The first-order valence-corrected chi connectivity index (χ1v) is 21.1. The van der Waals surface area contributed by atoms with E-state index in [1.165, 1.54) is 38.5 Å².